The first-order valence-electron chi connectivity index (χ1n) is 5.75. The van der Waals surface area contributed by atoms with E-state index in [2.05, 4.69) is 4.72 Å². The second-order valence-electron chi connectivity index (χ2n) is 4.30. The molecular weight excluding hydrogens is 264 g/mol. The molecule has 0 radical (unpaired) electrons. The van der Waals surface area contributed by atoms with E-state index in [1.165, 1.54) is 4.31 Å². The molecule has 1 atom stereocenters. The lowest BCUT2D eigenvalue weighted by molar-refractivity contribution is 0.345. The van der Waals surface area contributed by atoms with E-state index in [9.17, 15) is 16.8 Å². The van der Waals surface area contributed by atoms with E-state index in [1.54, 1.807) is 6.92 Å². The van der Waals surface area contributed by atoms with Gasteiger partial charge < -0.3 is 0 Å². The largest absolute Gasteiger partial charge is 0.279 e. The molecule has 1 rings (SSSR count). The number of nitrogens with one attached hydrogen (secondary N) is 1. The molecule has 1 aliphatic rings. The van der Waals surface area contributed by atoms with Gasteiger partial charge in [0.1, 0.15) is 0 Å². The Hall–Kier alpha value is -0.180. The van der Waals surface area contributed by atoms with Crippen LogP contribution in [0.25, 0.3) is 0 Å². The van der Waals surface area contributed by atoms with Gasteiger partial charge in [-0.2, -0.15) is 12.7 Å². The molecule has 0 aromatic rings. The molecule has 0 bridgehead atoms. The topological polar surface area (TPSA) is 83.6 Å². The summed E-state index contributed by atoms with van der Waals surface area (Å²) < 4.78 is 50.5. The van der Waals surface area contributed by atoms with Crippen molar-refractivity contribution in [1.82, 2.24) is 9.03 Å². The Kier molecular flexibility index (Phi) is 4.94. The zero-order chi connectivity index (χ0) is 13.1. The van der Waals surface area contributed by atoms with Gasteiger partial charge in [-0.3, -0.25) is 0 Å². The lowest BCUT2D eigenvalue weighted by Gasteiger charge is -2.25. The van der Waals surface area contributed by atoms with Gasteiger partial charge in [-0.1, -0.05) is 6.92 Å². The molecule has 1 aliphatic heterocycles. The molecule has 0 saturated carbocycles. The molecular formula is C9H20N2O4S2. The van der Waals surface area contributed by atoms with Crippen molar-refractivity contribution >= 4 is 20.0 Å². The van der Waals surface area contributed by atoms with Crippen LogP contribution in [0.1, 0.15) is 26.7 Å². The van der Waals surface area contributed by atoms with Crippen molar-refractivity contribution in [3.63, 3.8) is 0 Å². The highest BCUT2D eigenvalue weighted by Crippen LogP contribution is 2.15. The number of hydrogen-bond donors (Lipinski definition) is 1. The smallest absolute Gasteiger partial charge is 0.229 e. The first-order chi connectivity index (χ1) is 7.78. The number of rotatable bonds is 4. The van der Waals surface area contributed by atoms with Crippen LogP contribution in [-0.4, -0.2) is 51.8 Å². The van der Waals surface area contributed by atoms with Crippen molar-refractivity contribution < 1.29 is 16.8 Å². The lowest BCUT2D eigenvalue weighted by atomic mass is 10.3. The van der Waals surface area contributed by atoms with E-state index in [0.717, 1.165) is 0 Å². The third kappa shape index (κ3) is 4.20. The zero-order valence-corrected chi connectivity index (χ0v) is 11.8. The molecule has 1 unspecified atom stereocenters. The van der Waals surface area contributed by atoms with Gasteiger partial charge in [0.15, 0.2) is 9.84 Å². The minimum atomic E-state index is -3.55. The van der Waals surface area contributed by atoms with Gasteiger partial charge in [0.05, 0.1) is 11.5 Å². The maximum atomic E-state index is 11.9. The molecule has 8 heteroatoms. The van der Waals surface area contributed by atoms with E-state index in [4.69, 9.17) is 0 Å². The van der Waals surface area contributed by atoms with Crippen molar-refractivity contribution in [2.75, 3.05) is 24.6 Å². The molecule has 1 fully saturated rings. The summed E-state index contributed by atoms with van der Waals surface area (Å²) in [4.78, 5) is 0. The van der Waals surface area contributed by atoms with Crippen LogP contribution in [0.4, 0.5) is 0 Å². The molecule has 0 aromatic heterocycles. The predicted molar refractivity (Wildman–Crippen MR) is 66.7 cm³/mol. The summed E-state index contributed by atoms with van der Waals surface area (Å²) in [7, 11) is -6.65. The van der Waals surface area contributed by atoms with Crippen LogP contribution in [0.5, 0.6) is 0 Å². The standard InChI is InChI=1S/C9H20N2O4S2/c1-3-5-10-17(14,15)11-6-8-16(12,13)7-4-9(11)2/h9-10H,3-8H2,1-2H3. The van der Waals surface area contributed by atoms with Gasteiger partial charge in [-0.05, 0) is 19.8 Å². The van der Waals surface area contributed by atoms with Gasteiger partial charge in [0.2, 0.25) is 0 Å². The molecule has 0 spiro atoms. The second-order valence-corrected chi connectivity index (χ2v) is 8.31. The van der Waals surface area contributed by atoms with E-state index in [1.807, 2.05) is 6.92 Å². The zero-order valence-electron chi connectivity index (χ0n) is 10.2. The predicted octanol–water partition coefficient (Wildman–Crippen LogP) is -0.260. The van der Waals surface area contributed by atoms with Gasteiger partial charge in [-0.15, -0.1) is 0 Å². The maximum absolute atomic E-state index is 11.9. The molecule has 0 aliphatic carbocycles. The third-order valence-electron chi connectivity index (χ3n) is 2.80. The molecule has 1 N–H and O–H groups in total. The fraction of sp³-hybridized carbons (Fsp3) is 1.00. The highest BCUT2D eigenvalue weighted by atomic mass is 32.2. The Morgan fingerprint density at radius 2 is 2.00 bits per heavy atom. The Bertz CT molecular complexity index is 444. The Morgan fingerprint density at radius 3 is 2.59 bits per heavy atom. The van der Waals surface area contributed by atoms with Crippen LogP contribution < -0.4 is 4.72 Å². The summed E-state index contributed by atoms with van der Waals surface area (Å²) in [5, 5.41) is 0. The maximum Gasteiger partial charge on any atom is 0.279 e. The minimum Gasteiger partial charge on any atom is -0.229 e. The minimum absolute atomic E-state index is 0.0442. The molecule has 6 nitrogen and oxygen atoms in total. The van der Waals surface area contributed by atoms with E-state index in [-0.39, 0.29) is 24.1 Å². The van der Waals surface area contributed by atoms with E-state index in [0.29, 0.717) is 19.4 Å². The van der Waals surface area contributed by atoms with Crippen molar-refractivity contribution in [2.45, 2.75) is 32.7 Å². The van der Waals surface area contributed by atoms with Crippen LogP contribution in [-0.2, 0) is 20.0 Å². The van der Waals surface area contributed by atoms with Gasteiger partial charge in [0.25, 0.3) is 10.2 Å². The summed E-state index contributed by atoms with van der Waals surface area (Å²) in [6.07, 6.45) is 1.06. The van der Waals surface area contributed by atoms with Crippen LogP contribution >= 0.6 is 0 Å². The third-order valence-corrected chi connectivity index (χ3v) is 6.20. The van der Waals surface area contributed by atoms with Crippen LogP contribution in [0.2, 0.25) is 0 Å². The van der Waals surface area contributed by atoms with Crippen LogP contribution in [0.3, 0.4) is 0 Å². The van der Waals surface area contributed by atoms with Crippen LogP contribution in [0.15, 0.2) is 0 Å². The molecule has 1 heterocycles. The second kappa shape index (κ2) is 5.64. The Morgan fingerprint density at radius 1 is 1.35 bits per heavy atom. The first-order valence-corrected chi connectivity index (χ1v) is 9.01. The average Bonchev–Trinajstić information content (AvgIpc) is 2.36. The molecule has 1 saturated heterocycles. The van der Waals surface area contributed by atoms with Gasteiger partial charge in [0, 0.05) is 19.1 Å². The highest BCUT2D eigenvalue weighted by Gasteiger charge is 2.31. The summed E-state index contributed by atoms with van der Waals surface area (Å²) in [6.45, 7) is 4.03. The number of hydrogen-bond acceptors (Lipinski definition) is 4. The van der Waals surface area contributed by atoms with E-state index >= 15 is 0 Å². The Balaban J connectivity index is 2.82. The fourth-order valence-electron chi connectivity index (χ4n) is 1.72. The molecule has 17 heavy (non-hydrogen) atoms. The molecule has 0 amide bonds. The van der Waals surface area contributed by atoms with Crippen molar-refractivity contribution in [3.05, 3.63) is 0 Å². The first kappa shape index (κ1) is 14.9. The van der Waals surface area contributed by atoms with Gasteiger partial charge >= 0.3 is 0 Å². The monoisotopic (exact) mass is 284 g/mol. The molecule has 0 aromatic carbocycles. The SMILES string of the molecule is CCCNS(=O)(=O)N1CCS(=O)(=O)CCC1C. The lowest BCUT2D eigenvalue weighted by Crippen LogP contribution is -2.46. The van der Waals surface area contributed by atoms with Crippen molar-refractivity contribution in [3.8, 4) is 0 Å². The Labute approximate surface area is 103 Å². The van der Waals surface area contributed by atoms with Gasteiger partial charge in [-0.25, -0.2) is 13.1 Å². The van der Waals surface area contributed by atoms with E-state index < -0.39 is 20.0 Å². The summed E-state index contributed by atoms with van der Waals surface area (Å²) in [5.41, 5.74) is 0. The normalized spacial score (nSPS) is 26.6. The van der Waals surface area contributed by atoms with Crippen molar-refractivity contribution in [2.24, 2.45) is 0 Å². The summed E-state index contributed by atoms with van der Waals surface area (Å²) >= 11 is 0. The fourth-order valence-corrected chi connectivity index (χ4v) is 4.75. The number of nitrogens with zero attached hydrogens (tertiary/aromatic N) is 1. The molecule has 102 valence electrons. The number of sulfone groups is 1. The summed E-state index contributed by atoms with van der Waals surface area (Å²) in [5.74, 6) is -0.0294. The summed E-state index contributed by atoms with van der Waals surface area (Å²) in [6, 6.07) is -0.276. The quantitative estimate of drug-likeness (QED) is 0.771. The van der Waals surface area contributed by atoms with Crippen molar-refractivity contribution in [1.29, 1.82) is 0 Å². The average molecular weight is 284 g/mol. The highest BCUT2D eigenvalue weighted by molar-refractivity contribution is 7.91. The van der Waals surface area contributed by atoms with Crippen LogP contribution in [0, 0.1) is 0 Å².